The molecule has 1 atom stereocenters. The van der Waals surface area contributed by atoms with Gasteiger partial charge in [0, 0.05) is 53.8 Å². The number of aliphatic hydroxyl groups excluding tert-OH is 1. The summed E-state index contributed by atoms with van der Waals surface area (Å²) in [5, 5.41) is 8.68. The van der Waals surface area contributed by atoms with E-state index in [4.69, 9.17) is 42.8 Å². The highest BCUT2D eigenvalue weighted by molar-refractivity contribution is 7.86. The molecular weight excluding hydrogens is 913 g/mol. The minimum atomic E-state index is -4.59. The number of benzene rings is 2. The fourth-order valence-electron chi connectivity index (χ4n) is 7.43. The van der Waals surface area contributed by atoms with E-state index in [-0.39, 0.29) is 62.9 Å². The zero-order valence-corrected chi connectivity index (χ0v) is 39.5. The molecule has 19 nitrogen and oxygen atoms in total. The standard InChI is InChI=1S/C43H64N2O17S3/c1-3-44(15-6-32-64(50,51)52)36-9-11-38-35(13-18-62-41(38)33-36)7-4-8-42-43(2,14-5-31-63(47,48)49)39-34-37(65(53,54)55)10-12-40(39)45(42)16-19-56-21-23-58-25-27-60-29-30-61-28-26-59-24-22-57-20-17-46/h4,7-13,33-34,46H,3,5-6,14-32H2,1-2H3,(H,47,48,49)(H,50,51,52)(H,53,54,55)/b7-4+,42-8+. The summed E-state index contributed by atoms with van der Waals surface area (Å²) in [5.74, 6) is -0.228. The zero-order valence-electron chi connectivity index (χ0n) is 37.0. The Bertz CT molecular complexity index is 2230. The average Bonchev–Trinajstić information content (AvgIpc) is 3.47. The van der Waals surface area contributed by atoms with E-state index in [0.717, 1.165) is 16.8 Å². The summed E-state index contributed by atoms with van der Waals surface area (Å²) in [5.41, 5.74) is 3.42. The lowest BCUT2D eigenvalue weighted by Gasteiger charge is -2.30. The van der Waals surface area contributed by atoms with Crippen LogP contribution in [0.25, 0.3) is 5.57 Å². The van der Waals surface area contributed by atoms with Crippen LogP contribution in [-0.4, -0.2) is 168 Å². The molecule has 2 aromatic rings. The summed E-state index contributed by atoms with van der Waals surface area (Å²) in [6.07, 6.45) is 8.04. The van der Waals surface area contributed by atoms with Gasteiger partial charge in [0.25, 0.3) is 30.4 Å². The summed E-state index contributed by atoms with van der Waals surface area (Å²) in [6, 6.07) is 10.0. The molecule has 0 saturated carbocycles. The summed E-state index contributed by atoms with van der Waals surface area (Å²) in [6.45, 7) is 9.71. The molecule has 0 aliphatic carbocycles. The Labute approximate surface area is 383 Å². The maximum atomic E-state index is 12.3. The van der Waals surface area contributed by atoms with Crippen molar-refractivity contribution >= 4 is 47.3 Å². The highest BCUT2D eigenvalue weighted by Gasteiger charge is 2.43. The third-order valence-electron chi connectivity index (χ3n) is 10.6. The molecule has 2 heterocycles. The van der Waals surface area contributed by atoms with Crippen molar-refractivity contribution in [1.82, 2.24) is 0 Å². The molecular formula is C43H64N2O17S3. The molecule has 0 bridgehead atoms. The van der Waals surface area contributed by atoms with Gasteiger partial charge in [-0.05, 0) is 86.7 Å². The number of anilines is 2. The van der Waals surface area contributed by atoms with Crippen molar-refractivity contribution in [2.24, 2.45) is 0 Å². The molecule has 366 valence electrons. The van der Waals surface area contributed by atoms with Gasteiger partial charge in [0.05, 0.1) is 102 Å². The van der Waals surface area contributed by atoms with Gasteiger partial charge >= 0.3 is 0 Å². The first-order chi connectivity index (χ1) is 31.0. The van der Waals surface area contributed by atoms with Crippen molar-refractivity contribution in [3.05, 3.63) is 77.5 Å². The Morgan fingerprint density at radius 3 is 1.88 bits per heavy atom. The monoisotopic (exact) mass is 976 g/mol. The first kappa shape index (κ1) is 54.1. The Morgan fingerprint density at radius 1 is 0.754 bits per heavy atom. The number of hydrogen-bond acceptors (Lipinski definition) is 16. The van der Waals surface area contributed by atoms with Crippen LogP contribution in [0, 0.1) is 0 Å². The summed E-state index contributed by atoms with van der Waals surface area (Å²) < 4.78 is 139. The fraction of sp³-hybridized carbons (Fsp3) is 0.581. The number of hydrogen-bond donors (Lipinski definition) is 4. The van der Waals surface area contributed by atoms with Crippen LogP contribution in [-0.2, 0) is 64.2 Å². The van der Waals surface area contributed by atoms with Crippen LogP contribution in [0.15, 0.2) is 71.3 Å². The van der Waals surface area contributed by atoms with E-state index < -0.39 is 41.5 Å². The SMILES string of the molecule is CCN(CCCS(=O)(=O)O)c1ccc2c(c1)OCC=C2/C=C/C=C1/N(CCOCCOCCOCCOCCOCCOCCO)c2ccc(S(=O)(=O)O)cc2C1(C)CCCS(=O)(=O)O. The second-order valence-electron chi connectivity index (χ2n) is 15.2. The van der Waals surface area contributed by atoms with Gasteiger partial charge in [0.15, 0.2) is 0 Å². The first-order valence-corrected chi connectivity index (χ1v) is 26.1. The lowest BCUT2D eigenvalue weighted by Crippen LogP contribution is -2.31. The molecule has 1 unspecified atom stereocenters. The number of fused-ring (bicyclic) bond motifs is 2. The Hall–Kier alpha value is -3.49. The van der Waals surface area contributed by atoms with Crippen molar-refractivity contribution in [2.75, 3.05) is 133 Å². The van der Waals surface area contributed by atoms with Gasteiger partial charge in [0.2, 0.25) is 0 Å². The Morgan fingerprint density at radius 2 is 1.32 bits per heavy atom. The van der Waals surface area contributed by atoms with Crippen LogP contribution in [0.3, 0.4) is 0 Å². The summed E-state index contributed by atoms with van der Waals surface area (Å²) in [7, 11) is -13.0. The Kier molecular flexibility index (Phi) is 22.3. The zero-order chi connectivity index (χ0) is 47.4. The van der Waals surface area contributed by atoms with Crippen LogP contribution in [0.1, 0.15) is 44.2 Å². The van der Waals surface area contributed by atoms with Crippen molar-refractivity contribution in [3.63, 3.8) is 0 Å². The minimum Gasteiger partial charge on any atom is -0.489 e. The van der Waals surface area contributed by atoms with Crippen LogP contribution < -0.4 is 14.5 Å². The van der Waals surface area contributed by atoms with Crippen LogP contribution in [0.5, 0.6) is 5.75 Å². The molecule has 4 rings (SSSR count). The van der Waals surface area contributed by atoms with Crippen molar-refractivity contribution in [1.29, 1.82) is 0 Å². The second-order valence-corrected chi connectivity index (χ2v) is 19.8. The van der Waals surface area contributed by atoms with E-state index in [0.29, 0.717) is 102 Å². The maximum absolute atomic E-state index is 12.3. The van der Waals surface area contributed by atoms with Crippen LogP contribution in [0.4, 0.5) is 11.4 Å². The first-order valence-electron chi connectivity index (χ1n) is 21.4. The number of aliphatic hydroxyl groups is 1. The second kappa shape index (κ2) is 26.7. The molecule has 22 heteroatoms. The maximum Gasteiger partial charge on any atom is 0.294 e. The number of rotatable bonds is 33. The molecule has 0 fully saturated rings. The lowest BCUT2D eigenvalue weighted by molar-refractivity contribution is -0.0179. The van der Waals surface area contributed by atoms with E-state index in [1.54, 1.807) is 6.07 Å². The lowest BCUT2D eigenvalue weighted by atomic mass is 9.77. The third kappa shape index (κ3) is 18.3. The smallest absolute Gasteiger partial charge is 0.294 e. The molecule has 0 radical (unpaired) electrons. The summed E-state index contributed by atoms with van der Waals surface area (Å²) >= 11 is 0. The largest absolute Gasteiger partial charge is 0.489 e. The van der Waals surface area contributed by atoms with Gasteiger partial charge < -0.3 is 48.1 Å². The molecule has 2 aliphatic heterocycles. The van der Waals surface area contributed by atoms with Gasteiger partial charge in [0.1, 0.15) is 12.4 Å². The van der Waals surface area contributed by atoms with Crippen molar-refractivity contribution < 1.29 is 77.2 Å². The number of ether oxygens (including phenoxy) is 7. The normalized spacial score (nSPS) is 17.1. The third-order valence-corrected chi connectivity index (χ3v) is 13.0. The van der Waals surface area contributed by atoms with Gasteiger partial charge in [-0.25, -0.2) is 0 Å². The fourth-order valence-corrected chi connectivity index (χ4v) is 8.94. The van der Waals surface area contributed by atoms with Crippen LogP contribution in [0.2, 0.25) is 0 Å². The minimum absolute atomic E-state index is 0.0221. The molecule has 0 aromatic heterocycles. The van der Waals surface area contributed by atoms with Gasteiger partial charge in [-0.15, -0.1) is 0 Å². The van der Waals surface area contributed by atoms with Crippen LogP contribution >= 0.6 is 0 Å². The van der Waals surface area contributed by atoms with Crippen molar-refractivity contribution in [2.45, 2.75) is 43.4 Å². The van der Waals surface area contributed by atoms with E-state index in [2.05, 4.69) is 0 Å². The number of allylic oxidation sites excluding steroid dienone is 5. The predicted octanol–water partition coefficient (Wildman–Crippen LogP) is 3.79. The van der Waals surface area contributed by atoms with Crippen molar-refractivity contribution in [3.8, 4) is 5.75 Å². The highest BCUT2D eigenvalue weighted by atomic mass is 32.2. The molecule has 2 aliphatic rings. The molecule has 0 spiro atoms. The van der Waals surface area contributed by atoms with E-state index in [1.165, 1.54) is 12.1 Å². The van der Waals surface area contributed by atoms with E-state index >= 15 is 0 Å². The predicted molar refractivity (Wildman–Crippen MR) is 245 cm³/mol. The average molecular weight is 977 g/mol. The molecule has 0 saturated heterocycles. The number of nitrogens with zero attached hydrogens (tertiary/aromatic N) is 2. The quantitative estimate of drug-likeness (QED) is 0.0586. The van der Waals surface area contributed by atoms with Gasteiger partial charge in [-0.3, -0.25) is 13.7 Å². The van der Waals surface area contributed by atoms with E-state index in [9.17, 15) is 34.4 Å². The highest BCUT2D eigenvalue weighted by Crippen LogP contribution is 2.51. The molecule has 2 aromatic carbocycles. The Balaban J connectivity index is 1.42. The molecule has 0 amide bonds. The van der Waals surface area contributed by atoms with Gasteiger partial charge in [-0.2, -0.15) is 25.3 Å². The summed E-state index contributed by atoms with van der Waals surface area (Å²) in [4.78, 5) is 3.64. The molecule has 4 N–H and O–H groups in total. The molecule has 65 heavy (non-hydrogen) atoms. The van der Waals surface area contributed by atoms with E-state index in [1.807, 2.05) is 66.2 Å². The van der Waals surface area contributed by atoms with Gasteiger partial charge in [-0.1, -0.05) is 12.2 Å². The topological polar surface area (TPSA) is 254 Å².